The van der Waals surface area contributed by atoms with Crippen molar-refractivity contribution in [1.82, 2.24) is 10.1 Å². The average molecular weight is 320 g/mol. The summed E-state index contributed by atoms with van der Waals surface area (Å²) < 4.78 is 5.42. The standard InChI is InChI=1S/C17H24N2O2S/c1-12(2)15-10-14(21-18-15)11-19-7-5-13(6-8-19)17(20)16-4-3-9-22-16/h3-4,9-10,12-13,17,20H,5-8,11H2,1-2H3/t17-/m0/s1. The summed E-state index contributed by atoms with van der Waals surface area (Å²) in [4.78, 5) is 3.48. The van der Waals surface area contributed by atoms with Crippen LogP contribution in [0.2, 0.25) is 0 Å². The average Bonchev–Trinajstić information content (AvgIpc) is 3.19. The number of hydrogen-bond acceptors (Lipinski definition) is 5. The van der Waals surface area contributed by atoms with E-state index in [9.17, 15) is 5.11 Å². The lowest BCUT2D eigenvalue weighted by molar-refractivity contribution is 0.0565. The van der Waals surface area contributed by atoms with Crippen LogP contribution in [-0.4, -0.2) is 28.3 Å². The van der Waals surface area contributed by atoms with Crippen molar-refractivity contribution in [3.63, 3.8) is 0 Å². The van der Waals surface area contributed by atoms with Crippen LogP contribution in [0.25, 0.3) is 0 Å². The molecule has 0 aromatic carbocycles. The Hall–Kier alpha value is -1.17. The Bertz CT molecular complexity index is 571. The fraction of sp³-hybridized carbons (Fsp3) is 0.588. The molecule has 0 saturated carbocycles. The van der Waals surface area contributed by atoms with Gasteiger partial charge in [-0.15, -0.1) is 11.3 Å². The van der Waals surface area contributed by atoms with Crippen molar-refractivity contribution < 1.29 is 9.63 Å². The molecule has 120 valence electrons. The van der Waals surface area contributed by atoms with Crippen LogP contribution in [0.4, 0.5) is 0 Å². The molecular weight excluding hydrogens is 296 g/mol. The van der Waals surface area contributed by atoms with Gasteiger partial charge in [-0.2, -0.15) is 0 Å². The third kappa shape index (κ3) is 3.59. The number of aromatic nitrogens is 1. The van der Waals surface area contributed by atoms with E-state index in [0.29, 0.717) is 11.8 Å². The summed E-state index contributed by atoms with van der Waals surface area (Å²) in [6, 6.07) is 6.11. The largest absolute Gasteiger partial charge is 0.387 e. The van der Waals surface area contributed by atoms with Gasteiger partial charge >= 0.3 is 0 Å². The van der Waals surface area contributed by atoms with Gasteiger partial charge in [0.15, 0.2) is 5.76 Å². The smallest absolute Gasteiger partial charge is 0.150 e. The van der Waals surface area contributed by atoms with Gasteiger partial charge in [-0.25, -0.2) is 0 Å². The monoisotopic (exact) mass is 320 g/mol. The molecule has 0 aliphatic carbocycles. The molecule has 0 bridgehead atoms. The molecule has 3 heterocycles. The van der Waals surface area contributed by atoms with E-state index in [2.05, 4.69) is 30.0 Å². The van der Waals surface area contributed by atoms with E-state index in [1.54, 1.807) is 11.3 Å². The maximum Gasteiger partial charge on any atom is 0.150 e. The molecule has 1 saturated heterocycles. The van der Waals surface area contributed by atoms with Crippen molar-refractivity contribution in [2.75, 3.05) is 13.1 Å². The molecule has 2 aromatic heterocycles. The van der Waals surface area contributed by atoms with Crippen molar-refractivity contribution in [1.29, 1.82) is 0 Å². The number of piperidine rings is 1. The van der Waals surface area contributed by atoms with Crippen molar-refractivity contribution in [2.24, 2.45) is 5.92 Å². The minimum atomic E-state index is -0.306. The van der Waals surface area contributed by atoms with E-state index in [1.165, 1.54) is 0 Å². The summed E-state index contributed by atoms with van der Waals surface area (Å²) in [5.41, 5.74) is 1.03. The molecule has 1 fully saturated rings. The zero-order chi connectivity index (χ0) is 15.5. The van der Waals surface area contributed by atoms with Crippen molar-refractivity contribution in [3.05, 3.63) is 39.9 Å². The molecule has 3 rings (SSSR count). The fourth-order valence-corrected chi connectivity index (χ4v) is 3.82. The number of likely N-dealkylation sites (tertiary alicyclic amines) is 1. The third-order valence-corrected chi connectivity index (χ3v) is 5.40. The Balaban J connectivity index is 1.51. The summed E-state index contributed by atoms with van der Waals surface area (Å²) in [5, 5.41) is 16.6. The molecule has 0 amide bonds. The Morgan fingerprint density at radius 3 is 2.77 bits per heavy atom. The molecule has 1 aliphatic heterocycles. The van der Waals surface area contributed by atoms with Gasteiger partial charge < -0.3 is 9.63 Å². The Morgan fingerprint density at radius 2 is 2.18 bits per heavy atom. The molecule has 22 heavy (non-hydrogen) atoms. The second kappa shape index (κ2) is 6.94. The van der Waals surface area contributed by atoms with Gasteiger partial charge in [0.05, 0.1) is 18.3 Å². The van der Waals surface area contributed by atoms with Crippen molar-refractivity contribution >= 4 is 11.3 Å². The van der Waals surface area contributed by atoms with E-state index < -0.39 is 0 Å². The minimum Gasteiger partial charge on any atom is -0.387 e. The van der Waals surface area contributed by atoms with E-state index in [4.69, 9.17) is 4.52 Å². The maximum atomic E-state index is 10.4. The van der Waals surface area contributed by atoms with Gasteiger partial charge in [0.2, 0.25) is 0 Å². The van der Waals surface area contributed by atoms with E-state index >= 15 is 0 Å². The predicted molar refractivity (Wildman–Crippen MR) is 87.9 cm³/mol. The molecule has 1 N–H and O–H groups in total. The first-order valence-corrected chi connectivity index (χ1v) is 8.90. The minimum absolute atomic E-state index is 0.306. The number of nitrogens with zero attached hydrogens (tertiary/aromatic N) is 2. The summed E-state index contributed by atoms with van der Waals surface area (Å²) >= 11 is 1.65. The molecule has 1 aliphatic rings. The Kier molecular flexibility index (Phi) is 4.96. The molecule has 2 aromatic rings. The maximum absolute atomic E-state index is 10.4. The van der Waals surface area contributed by atoms with Crippen LogP contribution in [0.3, 0.4) is 0 Å². The van der Waals surface area contributed by atoms with Crippen molar-refractivity contribution in [2.45, 2.75) is 45.3 Å². The van der Waals surface area contributed by atoms with Gasteiger partial charge in [-0.05, 0) is 49.2 Å². The van der Waals surface area contributed by atoms with Crippen LogP contribution in [0.5, 0.6) is 0 Å². The Morgan fingerprint density at radius 1 is 1.41 bits per heavy atom. The third-order valence-electron chi connectivity index (χ3n) is 4.46. The molecule has 0 spiro atoms. The molecule has 4 nitrogen and oxygen atoms in total. The number of hydrogen-bond donors (Lipinski definition) is 1. The SMILES string of the molecule is CC(C)c1cc(CN2CCC([C@H](O)c3cccs3)CC2)on1. The van der Waals surface area contributed by atoms with Gasteiger partial charge in [0, 0.05) is 10.9 Å². The van der Waals surface area contributed by atoms with Crippen LogP contribution in [0, 0.1) is 5.92 Å². The van der Waals surface area contributed by atoms with E-state index in [1.807, 2.05) is 17.5 Å². The second-order valence-corrected chi connectivity index (χ2v) is 7.43. The van der Waals surface area contributed by atoms with Gasteiger partial charge in [-0.1, -0.05) is 25.1 Å². The first-order valence-electron chi connectivity index (χ1n) is 8.03. The molecule has 0 unspecified atom stereocenters. The van der Waals surface area contributed by atoms with Gasteiger partial charge in [0.1, 0.15) is 0 Å². The van der Waals surface area contributed by atoms with Gasteiger partial charge in [-0.3, -0.25) is 4.90 Å². The number of rotatable bonds is 5. The lowest BCUT2D eigenvalue weighted by atomic mass is 9.90. The fourth-order valence-electron chi connectivity index (χ4n) is 3.01. The number of thiophene rings is 1. The van der Waals surface area contributed by atoms with Crippen LogP contribution >= 0.6 is 11.3 Å². The lowest BCUT2D eigenvalue weighted by Gasteiger charge is -2.33. The summed E-state index contributed by atoms with van der Waals surface area (Å²) in [7, 11) is 0. The number of aliphatic hydroxyl groups is 1. The molecule has 1 atom stereocenters. The zero-order valence-electron chi connectivity index (χ0n) is 13.2. The van der Waals surface area contributed by atoms with Gasteiger partial charge in [0.25, 0.3) is 0 Å². The zero-order valence-corrected chi connectivity index (χ0v) is 14.1. The van der Waals surface area contributed by atoms with E-state index in [-0.39, 0.29) is 6.10 Å². The first-order chi connectivity index (χ1) is 10.6. The highest BCUT2D eigenvalue weighted by atomic mass is 32.1. The Labute approximate surface area is 135 Å². The molecule has 0 radical (unpaired) electrons. The van der Waals surface area contributed by atoms with Crippen LogP contribution < -0.4 is 0 Å². The quantitative estimate of drug-likeness (QED) is 0.910. The van der Waals surface area contributed by atoms with Crippen LogP contribution in [0.15, 0.2) is 28.1 Å². The van der Waals surface area contributed by atoms with E-state index in [0.717, 1.165) is 48.8 Å². The highest BCUT2D eigenvalue weighted by Crippen LogP contribution is 2.33. The molecule has 5 heteroatoms. The lowest BCUT2D eigenvalue weighted by Crippen LogP contribution is -2.35. The van der Waals surface area contributed by atoms with Crippen LogP contribution in [-0.2, 0) is 6.54 Å². The van der Waals surface area contributed by atoms with Crippen molar-refractivity contribution in [3.8, 4) is 0 Å². The molecular formula is C17H24N2O2S. The second-order valence-electron chi connectivity index (χ2n) is 6.45. The normalized spacial score (nSPS) is 18.9. The summed E-state index contributed by atoms with van der Waals surface area (Å²) in [5.74, 6) is 1.72. The highest BCUT2D eigenvalue weighted by Gasteiger charge is 2.27. The predicted octanol–water partition coefficient (Wildman–Crippen LogP) is 3.81. The first kappa shape index (κ1) is 15.7. The summed E-state index contributed by atoms with van der Waals surface area (Å²) in [6.07, 6.45) is 1.76. The number of aliphatic hydroxyl groups excluding tert-OH is 1. The highest BCUT2D eigenvalue weighted by molar-refractivity contribution is 7.10. The topological polar surface area (TPSA) is 49.5 Å². The van der Waals surface area contributed by atoms with Crippen LogP contribution in [0.1, 0.15) is 55.0 Å². The summed E-state index contributed by atoms with van der Waals surface area (Å²) in [6.45, 7) is 7.08.